The van der Waals surface area contributed by atoms with Crippen LogP contribution in [0.5, 0.6) is 0 Å². The fraction of sp³-hybridized carbons (Fsp3) is 0.235. The third kappa shape index (κ3) is 2.82. The standard InChI is InChI=1S/C17H17N3O2S/c1-17(15(21)19-11-12-7-5-6-10-18-12)16(22)20(2)13-8-3-4-9-14(13)23-17/h3-10H,11H2,1-2H3,(H,19,21). The van der Waals surface area contributed by atoms with E-state index in [1.165, 1.54) is 11.8 Å². The molecule has 23 heavy (non-hydrogen) atoms. The molecule has 0 aliphatic carbocycles. The quantitative estimate of drug-likeness (QED) is 0.878. The van der Waals surface area contributed by atoms with Crippen LogP contribution in [0.3, 0.4) is 0 Å². The molecular formula is C17H17N3O2S. The first-order valence-corrected chi connectivity index (χ1v) is 8.08. The van der Waals surface area contributed by atoms with Gasteiger partial charge in [0.05, 0.1) is 17.9 Å². The minimum absolute atomic E-state index is 0.222. The van der Waals surface area contributed by atoms with Crippen LogP contribution in [0.15, 0.2) is 53.6 Å². The summed E-state index contributed by atoms with van der Waals surface area (Å²) in [5, 5.41) is 2.82. The number of hydrogen-bond acceptors (Lipinski definition) is 4. The predicted octanol–water partition coefficient (Wildman–Crippen LogP) is 2.23. The molecule has 1 atom stereocenters. The lowest BCUT2D eigenvalue weighted by molar-refractivity contribution is -0.131. The van der Waals surface area contributed by atoms with E-state index >= 15 is 0 Å². The van der Waals surface area contributed by atoms with Gasteiger partial charge in [-0.1, -0.05) is 30.0 Å². The molecule has 6 heteroatoms. The molecule has 0 fully saturated rings. The number of rotatable bonds is 3. The molecule has 2 aromatic rings. The number of nitrogens with one attached hydrogen (secondary N) is 1. The topological polar surface area (TPSA) is 62.3 Å². The van der Waals surface area contributed by atoms with E-state index in [1.807, 2.05) is 42.5 Å². The second-order valence-electron chi connectivity index (χ2n) is 5.47. The molecule has 1 aliphatic rings. The molecule has 2 amide bonds. The van der Waals surface area contributed by atoms with E-state index in [0.717, 1.165) is 16.3 Å². The van der Waals surface area contributed by atoms with Crippen molar-refractivity contribution >= 4 is 29.3 Å². The third-order valence-corrected chi connectivity index (χ3v) is 5.18. The van der Waals surface area contributed by atoms with Crippen LogP contribution >= 0.6 is 11.8 Å². The molecule has 3 rings (SSSR count). The summed E-state index contributed by atoms with van der Waals surface area (Å²) in [6, 6.07) is 13.1. The third-order valence-electron chi connectivity index (χ3n) is 3.84. The van der Waals surface area contributed by atoms with Gasteiger partial charge in [0.1, 0.15) is 0 Å². The van der Waals surface area contributed by atoms with Crippen LogP contribution in [0.1, 0.15) is 12.6 Å². The van der Waals surface area contributed by atoms with Gasteiger partial charge in [0, 0.05) is 18.1 Å². The molecule has 118 valence electrons. The van der Waals surface area contributed by atoms with Crippen molar-refractivity contribution in [1.82, 2.24) is 10.3 Å². The van der Waals surface area contributed by atoms with Gasteiger partial charge in [0.25, 0.3) is 5.91 Å². The molecule has 0 spiro atoms. The Hall–Kier alpha value is -2.34. The summed E-state index contributed by atoms with van der Waals surface area (Å²) in [5.74, 6) is -0.528. The predicted molar refractivity (Wildman–Crippen MR) is 90.2 cm³/mol. The van der Waals surface area contributed by atoms with Crippen LogP contribution < -0.4 is 10.2 Å². The highest BCUT2D eigenvalue weighted by Crippen LogP contribution is 2.44. The average Bonchev–Trinajstić information content (AvgIpc) is 2.58. The average molecular weight is 327 g/mol. The molecule has 1 aromatic heterocycles. The largest absolute Gasteiger partial charge is 0.349 e. The van der Waals surface area contributed by atoms with E-state index in [0.29, 0.717) is 6.54 Å². The normalized spacial score (nSPS) is 20.1. The maximum atomic E-state index is 12.7. The van der Waals surface area contributed by atoms with E-state index in [-0.39, 0.29) is 11.8 Å². The molecule has 0 radical (unpaired) electrons. The molecular weight excluding hydrogens is 310 g/mol. The maximum Gasteiger partial charge on any atom is 0.252 e. The second-order valence-corrected chi connectivity index (χ2v) is 6.93. The summed E-state index contributed by atoms with van der Waals surface area (Å²) in [5.41, 5.74) is 1.59. The van der Waals surface area contributed by atoms with Crippen molar-refractivity contribution in [3.63, 3.8) is 0 Å². The molecule has 2 heterocycles. The van der Waals surface area contributed by atoms with Crippen molar-refractivity contribution in [1.29, 1.82) is 0 Å². The number of hydrogen-bond donors (Lipinski definition) is 1. The van der Waals surface area contributed by atoms with Crippen LogP contribution in [0, 0.1) is 0 Å². The van der Waals surface area contributed by atoms with E-state index in [2.05, 4.69) is 10.3 Å². The Balaban J connectivity index is 1.81. The zero-order valence-electron chi connectivity index (χ0n) is 12.9. The Morgan fingerprint density at radius 3 is 2.74 bits per heavy atom. The number of pyridine rings is 1. The smallest absolute Gasteiger partial charge is 0.252 e. The lowest BCUT2D eigenvalue weighted by Gasteiger charge is -2.36. The number of benzene rings is 1. The van der Waals surface area contributed by atoms with Crippen LogP contribution in [0.4, 0.5) is 5.69 Å². The van der Waals surface area contributed by atoms with Crippen molar-refractivity contribution in [3.8, 4) is 0 Å². The summed E-state index contributed by atoms with van der Waals surface area (Å²) in [7, 11) is 1.70. The minimum atomic E-state index is -1.18. The molecule has 0 saturated heterocycles. The monoisotopic (exact) mass is 327 g/mol. The summed E-state index contributed by atoms with van der Waals surface area (Å²) < 4.78 is -1.18. The number of amides is 2. The lowest BCUT2D eigenvalue weighted by Crippen LogP contribution is -2.55. The van der Waals surface area contributed by atoms with Crippen molar-refractivity contribution in [2.24, 2.45) is 0 Å². The number of anilines is 1. The number of aromatic nitrogens is 1. The van der Waals surface area contributed by atoms with Crippen LogP contribution in [0.2, 0.25) is 0 Å². The van der Waals surface area contributed by atoms with Crippen molar-refractivity contribution in [2.45, 2.75) is 23.1 Å². The number of nitrogens with zero attached hydrogens (tertiary/aromatic N) is 2. The van der Waals surface area contributed by atoms with Gasteiger partial charge in [-0.15, -0.1) is 0 Å². The fourth-order valence-corrected chi connectivity index (χ4v) is 3.78. The molecule has 5 nitrogen and oxygen atoms in total. The van der Waals surface area contributed by atoms with Gasteiger partial charge in [-0.2, -0.15) is 0 Å². The Morgan fingerprint density at radius 2 is 2.00 bits per heavy atom. The fourth-order valence-electron chi connectivity index (χ4n) is 2.50. The van der Waals surface area contributed by atoms with Gasteiger partial charge in [-0.3, -0.25) is 14.6 Å². The van der Waals surface area contributed by atoms with Gasteiger partial charge in [-0.05, 0) is 31.2 Å². The van der Waals surface area contributed by atoms with Crippen molar-refractivity contribution in [2.75, 3.05) is 11.9 Å². The first-order chi connectivity index (χ1) is 11.0. The van der Waals surface area contributed by atoms with E-state index in [4.69, 9.17) is 0 Å². The molecule has 1 unspecified atom stereocenters. The van der Waals surface area contributed by atoms with E-state index < -0.39 is 4.75 Å². The van der Waals surface area contributed by atoms with E-state index in [1.54, 1.807) is 25.1 Å². The van der Waals surface area contributed by atoms with Gasteiger partial charge < -0.3 is 10.2 Å². The summed E-state index contributed by atoms with van der Waals surface area (Å²) in [6.07, 6.45) is 1.67. The van der Waals surface area contributed by atoms with Crippen LogP contribution in [-0.2, 0) is 16.1 Å². The summed E-state index contributed by atoms with van der Waals surface area (Å²) in [4.78, 5) is 32.0. The highest BCUT2D eigenvalue weighted by Gasteiger charge is 2.48. The van der Waals surface area contributed by atoms with Gasteiger partial charge in [0.2, 0.25) is 5.91 Å². The van der Waals surface area contributed by atoms with E-state index in [9.17, 15) is 9.59 Å². The molecule has 1 aliphatic heterocycles. The first kappa shape index (κ1) is 15.6. The lowest BCUT2D eigenvalue weighted by atomic mass is 10.1. The maximum absolute atomic E-state index is 12.7. The van der Waals surface area contributed by atoms with Crippen LogP contribution in [-0.4, -0.2) is 28.6 Å². The Morgan fingerprint density at radius 1 is 1.26 bits per heavy atom. The van der Waals surface area contributed by atoms with Crippen LogP contribution in [0.25, 0.3) is 0 Å². The van der Waals surface area contributed by atoms with Crippen molar-refractivity contribution < 1.29 is 9.59 Å². The van der Waals surface area contributed by atoms with Gasteiger partial charge in [-0.25, -0.2) is 0 Å². The molecule has 0 bridgehead atoms. The Bertz CT molecular complexity index is 751. The SMILES string of the molecule is CN1C(=O)C(C)(C(=O)NCc2ccccn2)Sc2ccccc21. The second kappa shape index (κ2) is 6.04. The zero-order valence-corrected chi connectivity index (χ0v) is 13.8. The number of carbonyl (C=O) groups excluding carboxylic acids is 2. The number of carbonyl (C=O) groups is 2. The van der Waals surface area contributed by atoms with Gasteiger partial charge in [0.15, 0.2) is 4.75 Å². The highest BCUT2D eigenvalue weighted by atomic mass is 32.2. The molecule has 1 N–H and O–H groups in total. The molecule has 1 aromatic carbocycles. The summed E-state index contributed by atoms with van der Waals surface area (Å²) in [6.45, 7) is 1.97. The number of thioether (sulfide) groups is 1. The summed E-state index contributed by atoms with van der Waals surface area (Å²) >= 11 is 1.29. The van der Waals surface area contributed by atoms with Crippen molar-refractivity contribution in [3.05, 3.63) is 54.4 Å². The molecule has 0 saturated carbocycles. The number of para-hydroxylation sites is 1. The first-order valence-electron chi connectivity index (χ1n) is 7.27. The number of fused-ring (bicyclic) bond motifs is 1. The minimum Gasteiger partial charge on any atom is -0.349 e. The Labute approximate surface area is 139 Å². The zero-order chi connectivity index (χ0) is 16.4. The Kier molecular flexibility index (Phi) is 4.09. The highest BCUT2D eigenvalue weighted by molar-refractivity contribution is 8.02. The van der Waals surface area contributed by atoms with Gasteiger partial charge >= 0.3 is 0 Å².